The number of hydrogen-bond acceptors (Lipinski definition) is 3. The van der Waals surface area contributed by atoms with E-state index in [0.29, 0.717) is 40.1 Å². The molecule has 6 heteroatoms. The first-order chi connectivity index (χ1) is 11.0. The molecular formula is C17H17Cl2NO3. The summed E-state index contributed by atoms with van der Waals surface area (Å²) in [6, 6.07) is 10.5. The predicted octanol–water partition coefficient (Wildman–Crippen LogP) is 4.58. The quantitative estimate of drug-likeness (QED) is 0.826. The first-order valence-electron chi connectivity index (χ1n) is 6.98. The number of aryl methyl sites for hydroxylation is 1. The van der Waals surface area contributed by atoms with Crippen LogP contribution >= 0.6 is 23.2 Å². The lowest BCUT2D eigenvalue weighted by Gasteiger charge is -2.10. The number of methoxy groups -OCH3 is 2. The summed E-state index contributed by atoms with van der Waals surface area (Å²) in [4.78, 5) is 12.0. The molecule has 0 aliphatic rings. The number of amides is 1. The second-order valence-electron chi connectivity index (χ2n) is 4.90. The molecule has 0 spiro atoms. The van der Waals surface area contributed by atoms with Gasteiger partial charge in [0.05, 0.1) is 14.2 Å². The Kier molecular flexibility index (Phi) is 6.13. The zero-order valence-corrected chi connectivity index (χ0v) is 14.4. The zero-order chi connectivity index (χ0) is 16.8. The van der Waals surface area contributed by atoms with Crippen molar-refractivity contribution in [1.82, 2.24) is 0 Å². The van der Waals surface area contributed by atoms with E-state index in [1.165, 1.54) is 0 Å². The van der Waals surface area contributed by atoms with Crippen LogP contribution < -0.4 is 14.8 Å². The van der Waals surface area contributed by atoms with Gasteiger partial charge >= 0.3 is 0 Å². The minimum absolute atomic E-state index is 0.113. The largest absolute Gasteiger partial charge is 0.493 e. The van der Waals surface area contributed by atoms with Gasteiger partial charge in [-0.2, -0.15) is 0 Å². The van der Waals surface area contributed by atoms with Crippen LogP contribution in [0.5, 0.6) is 11.5 Å². The molecule has 0 unspecified atom stereocenters. The van der Waals surface area contributed by atoms with Crippen LogP contribution in [0.3, 0.4) is 0 Å². The molecule has 0 radical (unpaired) electrons. The van der Waals surface area contributed by atoms with Crippen LogP contribution in [0.25, 0.3) is 0 Å². The summed E-state index contributed by atoms with van der Waals surface area (Å²) in [6.45, 7) is 0. The summed E-state index contributed by atoms with van der Waals surface area (Å²) in [5, 5.41) is 3.74. The average Bonchev–Trinajstić information content (AvgIpc) is 2.51. The number of anilines is 1. The molecule has 1 N–H and O–H groups in total. The molecule has 0 aromatic heterocycles. The van der Waals surface area contributed by atoms with Gasteiger partial charge in [-0.3, -0.25) is 4.79 Å². The molecule has 0 aliphatic carbocycles. The molecule has 4 nitrogen and oxygen atoms in total. The highest BCUT2D eigenvalue weighted by atomic mass is 35.5. The fourth-order valence-corrected chi connectivity index (χ4v) is 2.67. The van der Waals surface area contributed by atoms with Crippen molar-refractivity contribution in [3.63, 3.8) is 0 Å². The van der Waals surface area contributed by atoms with Crippen LogP contribution in [0.4, 0.5) is 5.69 Å². The number of ether oxygens (including phenoxy) is 2. The van der Waals surface area contributed by atoms with Gasteiger partial charge in [-0.15, -0.1) is 0 Å². The van der Waals surface area contributed by atoms with Gasteiger partial charge in [0.25, 0.3) is 0 Å². The third-order valence-corrected chi connectivity index (χ3v) is 3.67. The van der Waals surface area contributed by atoms with Gasteiger partial charge in [-0.1, -0.05) is 29.3 Å². The van der Waals surface area contributed by atoms with Crippen molar-refractivity contribution < 1.29 is 14.3 Å². The van der Waals surface area contributed by atoms with Gasteiger partial charge in [0.1, 0.15) is 0 Å². The van der Waals surface area contributed by atoms with Crippen LogP contribution in [0, 0.1) is 0 Å². The lowest BCUT2D eigenvalue weighted by atomic mass is 10.1. The molecule has 0 fully saturated rings. The Bertz CT molecular complexity index is 684. The van der Waals surface area contributed by atoms with Gasteiger partial charge in [-0.05, 0) is 42.3 Å². The number of benzene rings is 2. The summed E-state index contributed by atoms with van der Waals surface area (Å²) < 4.78 is 10.4. The maximum absolute atomic E-state index is 12.0. The Morgan fingerprint density at radius 2 is 1.65 bits per heavy atom. The highest BCUT2D eigenvalue weighted by molar-refractivity contribution is 6.35. The minimum Gasteiger partial charge on any atom is -0.493 e. The van der Waals surface area contributed by atoms with E-state index in [9.17, 15) is 4.79 Å². The maximum atomic E-state index is 12.0. The number of nitrogens with one attached hydrogen (secondary N) is 1. The number of carbonyl (C=O) groups is 1. The van der Waals surface area contributed by atoms with Gasteiger partial charge in [0.15, 0.2) is 11.5 Å². The standard InChI is InChI=1S/C17H17Cl2NO3/c1-22-15-5-3-11(7-16(15)23-2)4-6-17(21)20-14-9-12(18)8-13(19)10-14/h3,5,7-10H,4,6H2,1-2H3,(H,20,21). The number of carbonyl (C=O) groups excluding carboxylic acids is 1. The summed E-state index contributed by atoms with van der Waals surface area (Å²) in [6.07, 6.45) is 0.917. The predicted molar refractivity (Wildman–Crippen MR) is 93.0 cm³/mol. The molecule has 2 rings (SSSR count). The zero-order valence-electron chi connectivity index (χ0n) is 12.9. The van der Waals surface area contributed by atoms with Gasteiger partial charge in [-0.25, -0.2) is 0 Å². The first kappa shape index (κ1) is 17.4. The Morgan fingerprint density at radius 3 is 2.26 bits per heavy atom. The summed E-state index contributed by atoms with van der Waals surface area (Å²) >= 11 is 11.8. The van der Waals surface area contributed by atoms with Crippen LogP contribution in [0.1, 0.15) is 12.0 Å². The van der Waals surface area contributed by atoms with E-state index in [1.807, 2.05) is 18.2 Å². The fourth-order valence-electron chi connectivity index (χ4n) is 2.14. The molecule has 2 aromatic carbocycles. The molecular weight excluding hydrogens is 337 g/mol. The van der Waals surface area contributed by atoms with Crippen molar-refractivity contribution in [2.75, 3.05) is 19.5 Å². The SMILES string of the molecule is COc1ccc(CCC(=O)Nc2cc(Cl)cc(Cl)c2)cc1OC. The number of rotatable bonds is 6. The van der Waals surface area contributed by atoms with Crippen LogP contribution in [-0.2, 0) is 11.2 Å². The molecule has 0 aliphatic heterocycles. The molecule has 23 heavy (non-hydrogen) atoms. The van der Waals surface area contributed by atoms with Crippen LogP contribution in [0.2, 0.25) is 10.0 Å². The van der Waals surface area contributed by atoms with E-state index in [-0.39, 0.29) is 5.91 Å². The summed E-state index contributed by atoms with van der Waals surface area (Å²) in [5.41, 5.74) is 1.57. The lowest BCUT2D eigenvalue weighted by Crippen LogP contribution is -2.12. The van der Waals surface area contributed by atoms with Crippen molar-refractivity contribution in [3.05, 3.63) is 52.0 Å². The smallest absolute Gasteiger partial charge is 0.224 e. The van der Waals surface area contributed by atoms with Crippen molar-refractivity contribution in [2.24, 2.45) is 0 Å². The molecule has 2 aromatic rings. The van der Waals surface area contributed by atoms with Crippen LogP contribution in [0.15, 0.2) is 36.4 Å². The Balaban J connectivity index is 1.96. The van der Waals surface area contributed by atoms with Crippen molar-refractivity contribution in [1.29, 1.82) is 0 Å². The van der Waals surface area contributed by atoms with E-state index in [4.69, 9.17) is 32.7 Å². The highest BCUT2D eigenvalue weighted by Crippen LogP contribution is 2.28. The highest BCUT2D eigenvalue weighted by Gasteiger charge is 2.08. The van der Waals surface area contributed by atoms with Crippen molar-refractivity contribution >= 4 is 34.8 Å². The van der Waals surface area contributed by atoms with E-state index >= 15 is 0 Å². The third kappa shape index (κ3) is 5.05. The Labute approximate surface area is 145 Å². The van der Waals surface area contributed by atoms with Crippen molar-refractivity contribution in [2.45, 2.75) is 12.8 Å². The summed E-state index contributed by atoms with van der Waals surface area (Å²) in [7, 11) is 3.17. The van der Waals surface area contributed by atoms with E-state index in [2.05, 4.69) is 5.32 Å². The first-order valence-corrected chi connectivity index (χ1v) is 7.74. The second-order valence-corrected chi connectivity index (χ2v) is 5.77. The third-order valence-electron chi connectivity index (χ3n) is 3.24. The van der Waals surface area contributed by atoms with Crippen molar-refractivity contribution in [3.8, 4) is 11.5 Å². The number of hydrogen-bond donors (Lipinski definition) is 1. The average molecular weight is 354 g/mol. The van der Waals surface area contributed by atoms with E-state index in [0.717, 1.165) is 5.56 Å². The van der Waals surface area contributed by atoms with Crippen LogP contribution in [-0.4, -0.2) is 20.1 Å². The molecule has 0 heterocycles. The fraction of sp³-hybridized carbons (Fsp3) is 0.235. The molecule has 0 saturated heterocycles. The van der Waals surface area contributed by atoms with Gasteiger partial charge < -0.3 is 14.8 Å². The normalized spacial score (nSPS) is 10.3. The maximum Gasteiger partial charge on any atom is 0.224 e. The lowest BCUT2D eigenvalue weighted by molar-refractivity contribution is -0.116. The molecule has 122 valence electrons. The monoisotopic (exact) mass is 353 g/mol. The molecule has 0 bridgehead atoms. The second kappa shape index (κ2) is 8.09. The molecule has 0 atom stereocenters. The molecule has 1 amide bonds. The Morgan fingerprint density at radius 1 is 1.00 bits per heavy atom. The van der Waals surface area contributed by atoms with E-state index < -0.39 is 0 Å². The molecule has 0 saturated carbocycles. The number of halogens is 2. The Hall–Kier alpha value is -1.91. The van der Waals surface area contributed by atoms with Gasteiger partial charge in [0.2, 0.25) is 5.91 Å². The van der Waals surface area contributed by atoms with E-state index in [1.54, 1.807) is 32.4 Å². The topological polar surface area (TPSA) is 47.6 Å². The van der Waals surface area contributed by atoms with Gasteiger partial charge in [0, 0.05) is 22.2 Å². The summed E-state index contributed by atoms with van der Waals surface area (Å²) in [5.74, 6) is 1.19. The minimum atomic E-state index is -0.113.